The van der Waals surface area contributed by atoms with Gasteiger partial charge in [0.25, 0.3) is 0 Å². The van der Waals surface area contributed by atoms with Crippen LogP contribution in [0.2, 0.25) is 0 Å². The summed E-state index contributed by atoms with van der Waals surface area (Å²) in [6.07, 6.45) is 25.7. The third-order valence-corrected chi connectivity index (χ3v) is 18.8. The number of allylic oxidation sites excluding steroid dienone is 2. The van der Waals surface area contributed by atoms with Crippen molar-refractivity contribution in [2.45, 2.75) is 178 Å². The van der Waals surface area contributed by atoms with Gasteiger partial charge in [-0.05, 0) is 176 Å². The largest absolute Gasteiger partial charge is 0.295 e. The number of fused-ring (bicyclic) bond motifs is 10. The van der Waals surface area contributed by atoms with Gasteiger partial charge in [-0.25, -0.2) is 0 Å². The first-order chi connectivity index (χ1) is 24.5. The van der Waals surface area contributed by atoms with Gasteiger partial charge in [0.2, 0.25) is 0 Å². The van der Waals surface area contributed by atoms with Crippen LogP contribution in [0.25, 0.3) is 0 Å². The van der Waals surface area contributed by atoms with Crippen LogP contribution in [0.3, 0.4) is 0 Å². The molecule has 6 fully saturated rings. The van der Waals surface area contributed by atoms with Crippen LogP contribution < -0.4 is 0 Å². The van der Waals surface area contributed by atoms with E-state index in [2.05, 4.69) is 68.4 Å². The van der Waals surface area contributed by atoms with E-state index < -0.39 is 0 Å². The molecule has 0 heterocycles. The third kappa shape index (κ3) is 6.33. The minimum Gasteiger partial charge on any atom is -0.295 e. The van der Waals surface area contributed by atoms with Crippen molar-refractivity contribution in [1.29, 1.82) is 0 Å². The first kappa shape index (κ1) is 38.8. The molecule has 8 rings (SSSR count). The molecule has 0 aliphatic heterocycles. The summed E-state index contributed by atoms with van der Waals surface area (Å²) in [5.41, 5.74) is 3.70. The molecule has 3 nitrogen and oxygen atoms in total. The fourth-order valence-corrected chi connectivity index (χ4v) is 16.1. The molecule has 0 bridgehead atoms. The van der Waals surface area contributed by atoms with Crippen LogP contribution in [0, 0.1) is 86.8 Å². The van der Waals surface area contributed by atoms with Gasteiger partial charge in [0.15, 0.2) is 17.3 Å². The second-order valence-corrected chi connectivity index (χ2v) is 21.9. The molecule has 0 aromatic heterocycles. The highest BCUT2D eigenvalue weighted by Crippen LogP contribution is 2.69. The van der Waals surface area contributed by atoms with Gasteiger partial charge in [-0.3, -0.25) is 14.4 Å². The van der Waals surface area contributed by atoms with Crippen LogP contribution in [0.4, 0.5) is 0 Å². The summed E-state index contributed by atoms with van der Waals surface area (Å²) in [7, 11) is 0. The zero-order valence-corrected chi connectivity index (χ0v) is 35.0. The van der Waals surface area contributed by atoms with Crippen molar-refractivity contribution in [3.05, 3.63) is 23.3 Å². The van der Waals surface area contributed by atoms with Crippen LogP contribution in [0.5, 0.6) is 0 Å². The molecule has 0 amide bonds. The molecule has 3 heteroatoms. The van der Waals surface area contributed by atoms with Gasteiger partial charge >= 0.3 is 0 Å². The first-order valence-corrected chi connectivity index (χ1v) is 22.5. The lowest BCUT2D eigenvalue weighted by atomic mass is 9.46. The lowest BCUT2D eigenvalue weighted by molar-refractivity contribution is -0.131. The van der Waals surface area contributed by atoms with E-state index in [0.29, 0.717) is 52.6 Å². The summed E-state index contributed by atoms with van der Waals surface area (Å²) in [6, 6.07) is 0. The van der Waals surface area contributed by atoms with Crippen molar-refractivity contribution >= 4 is 17.3 Å². The van der Waals surface area contributed by atoms with E-state index in [1.54, 1.807) is 6.08 Å². The Morgan fingerprint density at radius 3 is 1.83 bits per heavy atom. The smallest absolute Gasteiger partial charge is 0.159 e. The molecule has 7 unspecified atom stereocenters. The van der Waals surface area contributed by atoms with Crippen molar-refractivity contribution in [2.24, 2.45) is 86.8 Å². The van der Waals surface area contributed by atoms with E-state index in [4.69, 9.17) is 0 Å². The minimum absolute atomic E-state index is 0.0366. The molecule has 0 spiro atoms. The van der Waals surface area contributed by atoms with Gasteiger partial charge in [-0.15, -0.1) is 0 Å². The van der Waals surface area contributed by atoms with E-state index in [1.807, 2.05) is 0 Å². The Bertz CT molecular complexity index is 1460. The van der Waals surface area contributed by atoms with Gasteiger partial charge < -0.3 is 0 Å². The van der Waals surface area contributed by atoms with E-state index in [0.717, 1.165) is 72.2 Å². The average Bonchev–Trinajstić information content (AvgIpc) is 3.63. The Hall–Kier alpha value is -1.51. The fourth-order valence-electron chi connectivity index (χ4n) is 16.1. The van der Waals surface area contributed by atoms with E-state index in [-0.39, 0.29) is 17.0 Å². The Labute approximate surface area is 318 Å². The lowest BCUT2D eigenvalue weighted by Crippen LogP contribution is -2.53. The maximum absolute atomic E-state index is 12.9. The van der Waals surface area contributed by atoms with E-state index in [1.165, 1.54) is 89.0 Å². The second kappa shape index (κ2) is 14.2. The Morgan fingerprint density at radius 2 is 1.17 bits per heavy atom. The molecule has 0 saturated heterocycles. The highest BCUT2D eigenvalue weighted by atomic mass is 16.1. The summed E-state index contributed by atoms with van der Waals surface area (Å²) in [4.78, 5) is 36.8. The van der Waals surface area contributed by atoms with E-state index >= 15 is 0 Å². The molecule has 52 heavy (non-hydrogen) atoms. The highest BCUT2D eigenvalue weighted by Gasteiger charge is 2.62. The summed E-state index contributed by atoms with van der Waals surface area (Å²) in [5.74, 6) is 9.67. The van der Waals surface area contributed by atoms with Gasteiger partial charge in [-0.2, -0.15) is 0 Å². The summed E-state index contributed by atoms with van der Waals surface area (Å²) >= 11 is 0. The molecule has 8 aliphatic rings. The minimum atomic E-state index is -0.0366. The summed E-state index contributed by atoms with van der Waals surface area (Å²) in [5, 5.41) is 0. The Kier molecular flexibility index (Phi) is 10.6. The number of hydrogen-bond donors (Lipinski definition) is 0. The number of carbonyl (C=O) groups excluding carboxylic acids is 3. The van der Waals surface area contributed by atoms with Crippen molar-refractivity contribution in [3.8, 4) is 0 Å². The normalized spacial score (nSPS) is 45.8. The lowest BCUT2D eigenvalue weighted by Gasteiger charge is -2.58. The summed E-state index contributed by atoms with van der Waals surface area (Å²) in [6.45, 7) is 22.1. The van der Waals surface area contributed by atoms with Gasteiger partial charge in [-0.1, -0.05) is 87.1 Å². The average molecular weight is 713 g/mol. The molecular formula is C49H76O3. The number of ketones is 3. The molecule has 290 valence electrons. The predicted molar refractivity (Wildman–Crippen MR) is 213 cm³/mol. The monoisotopic (exact) mass is 713 g/mol. The van der Waals surface area contributed by atoms with Gasteiger partial charge in [0.05, 0.1) is 0 Å². The number of rotatable bonds is 6. The Morgan fingerprint density at radius 1 is 0.596 bits per heavy atom. The SMILES string of the molecule is CC(C)CCCC(C)[C@H]1CCC2C3CCC4=CC(=O)CC[C@]4(C)C3CC[C@@]21C.CC(C)[C@H]1CCC2C3CC(=O)C4=CC(=O)CC[C@]4(C)C3CC[C@@]21C. The van der Waals surface area contributed by atoms with Crippen molar-refractivity contribution in [3.63, 3.8) is 0 Å². The van der Waals surface area contributed by atoms with Crippen LogP contribution in [-0.2, 0) is 14.4 Å². The van der Waals surface area contributed by atoms with Crippen molar-refractivity contribution in [1.82, 2.24) is 0 Å². The molecule has 13 atom stereocenters. The fraction of sp³-hybridized carbons (Fsp3) is 0.857. The maximum Gasteiger partial charge on any atom is 0.159 e. The van der Waals surface area contributed by atoms with Crippen LogP contribution in [0.1, 0.15) is 178 Å². The zero-order chi connectivity index (χ0) is 37.4. The summed E-state index contributed by atoms with van der Waals surface area (Å²) < 4.78 is 0. The molecule has 0 N–H and O–H groups in total. The third-order valence-electron chi connectivity index (χ3n) is 18.8. The predicted octanol–water partition coefficient (Wildman–Crippen LogP) is 12.6. The van der Waals surface area contributed by atoms with E-state index in [9.17, 15) is 14.4 Å². The molecule has 8 aliphatic carbocycles. The van der Waals surface area contributed by atoms with Crippen molar-refractivity contribution < 1.29 is 14.4 Å². The number of hydrogen-bond acceptors (Lipinski definition) is 3. The van der Waals surface area contributed by atoms with Crippen LogP contribution in [-0.4, -0.2) is 17.3 Å². The molecule has 0 aromatic rings. The topological polar surface area (TPSA) is 51.2 Å². The zero-order valence-electron chi connectivity index (χ0n) is 35.0. The van der Waals surface area contributed by atoms with Crippen LogP contribution >= 0.6 is 0 Å². The molecule has 0 radical (unpaired) electrons. The maximum atomic E-state index is 12.9. The molecule has 0 aromatic carbocycles. The van der Waals surface area contributed by atoms with Gasteiger partial charge in [0, 0.05) is 24.8 Å². The Balaban J connectivity index is 0.000000164. The highest BCUT2D eigenvalue weighted by molar-refractivity contribution is 6.05. The quantitative estimate of drug-likeness (QED) is 0.275. The second-order valence-electron chi connectivity index (χ2n) is 21.9. The standard InChI is InChI=1S/C27H44O.C22H32O2/c1-18(2)7-6-8-19(3)23-11-12-24-22-10-9-20-17-21(28)13-15-26(20,4)25(22)14-16-27(23,24)5;1-13(2)16-5-6-17-15-12-20(24)19-11-14(23)7-9-22(19,4)18(15)8-10-21(16,17)3/h17-19,22-25H,6-16H2,1-5H3;11,13,15-18H,5-10,12H2,1-4H3/t19?,22?,23-,24?,25?,26+,27-;15?,16-,17?,18?,21-,22-/m11/s1. The van der Waals surface area contributed by atoms with Crippen LogP contribution in [0.15, 0.2) is 23.3 Å². The first-order valence-electron chi connectivity index (χ1n) is 22.5. The number of carbonyl (C=O) groups is 3. The van der Waals surface area contributed by atoms with Crippen molar-refractivity contribution in [2.75, 3.05) is 0 Å². The number of Topliss-reactive ketones (excluding diaryl/α,β-unsaturated/α-hetero) is 1. The molecular weight excluding hydrogens is 637 g/mol. The molecule has 6 saturated carbocycles. The van der Waals surface area contributed by atoms with Gasteiger partial charge in [0.1, 0.15) is 0 Å².